The van der Waals surface area contributed by atoms with E-state index in [1.54, 1.807) is 18.2 Å². The average Bonchev–Trinajstić information content (AvgIpc) is 2.65. The fraction of sp³-hybridized carbons (Fsp3) is 0.333. The molecule has 0 aliphatic heterocycles. The summed E-state index contributed by atoms with van der Waals surface area (Å²) in [6.45, 7) is 0. The molecule has 0 saturated heterocycles. The van der Waals surface area contributed by atoms with E-state index in [4.69, 9.17) is 11.6 Å². The van der Waals surface area contributed by atoms with Crippen molar-refractivity contribution in [2.45, 2.75) is 44.6 Å². The molecular weight excluding hydrogens is 348 g/mol. The van der Waals surface area contributed by atoms with Crippen LogP contribution < -0.4 is 10.6 Å². The lowest BCUT2D eigenvalue weighted by Crippen LogP contribution is -2.36. The maximum absolute atomic E-state index is 12.6. The van der Waals surface area contributed by atoms with E-state index in [9.17, 15) is 9.59 Å². The summed E-state index contributed by atoms with van der Waals surface area (Å²) in [5.41, 5.74) is 1.91. The van der Waals surface area contributed by atoms with Gasteiger partial charge in [-0.05, 0) is 36.6 Å². The average molecular weight is 371 g/mol. The SMILES string of the molecule is O=C(Cc1ccccc1)Nc1ccc(Cl)c(C(=O)NC2CCCCC2)c1. The second-order valence-corrected chi connectivity index (χ2v) is 7.12. The summed E-state index contributed by atoms with van der Waals surface area (Å²) < 4.78 is 0. The van der Waals surface area contributed by atoms with Gasteiger partial charge in [-0.1, -0.05) is 61.2 Å². The van der Waals surface area contributed by atoms with Gasteiger partial charge in [0.1, 0.15) is 0 Å². The number of rotatable bonds is 5. The van der Waals surface area contributed by atoms with Gasteiger partial charge in [-0.2, -0.15) is 0 Å². The molecule has 0 bridgehead atoms. The van der Waals surface area contributed by atoms with Crippen molar-refractivity contribution >= 4 is 29.1 Å². The molecule has 0 atom stereocenters. The molecule has 2 N–H and O–H groups in total. The molecule has 2 aromatic carbocycles. The highest BCUT2D eigenvalue weighted by Gasteiger charge is 2.19. The van der Waals surface area contributed by atoms with Crippen LogP contribution >= 0.6 is 11.6 Å². The number of hydrogen-bond donors (Lipinski definition) is 2. The lowest BCUT2D eigenvalue weighted by molar-refractivity contribution is -0.115. The van der Waals surface area contributed by atoms with Gasteiger partial charge in [-0.25, -0.2) is 0 Å². The van der Waals surface area contributed by atoms with Crippen molar-refractivity contribution in [3.05, 3.63) is 64.7 Å². The van der Waals surface area contributed by atoms with Gasteiger partial charge >= 0.3 is 0 Å². The number of carbonyl (C=O) groups is 2. The van der Waals surface area contributed by atoms with Gasteiger partial charge in [0.2, 0.25) is 5.91 Å². The largest absolute Gasteiger partial charge is 0.349 e. The molecule has 1 saturated carbocycles. The van der Waals surface area contributed by atoms with E-state index >= 15 is 0 Å². The van der Waals surface area contributed by atoms with Crippen molar-refractivity contribution < 1.29 is 9.59 Å². The molecule has 0 radical (unpaired) electrons. The summed E-state index contributed by atoms with van der Waals surface area (Å²) in [6.07, 6.45) is 5.83. The molecule has 136 valence electrons. The Morgan fingerprint density at radius 3 is 2.46 bits per heavy atom. The fourth-order valence-corrected chi connectivity index (χ4v) is 3.48. The Morgan fingerprint density at radius 1 is 1.00 bits per heavy atom. The number of anilines is 1. The van der Waals surface area contributed by atoms with E-state index < -0.39 is 0 Å². The van der Waals surface area contributed by atoms with Gasteiger partial charge in [0.25, 0.3) is 5.91 Å². The van der Waals surface area contributed by atoms with Crippen molar-refractivity contribution in [2.24, 2.45) is 0 Å². The van der Waals surface area contributed by atoms with Crippen molar-refractivity contribution in [3.63, 3.8) is 0 Å². The zero-order chi connectivity index (χ0) is 18.4. The molecule has 2 aromatic rings. The minimum Gasteiger partial charge on any atom is -0.349 e. The molecule has 5 heteroatoms. The number of hydrogen-bond acceptors (Lipinski definition) is 2. The molecule has 4 nitrogen and oxygen atoms in total. The third kappa shape index (κ3) is 5.09. The molecule has 1 aliphatic carbocycles. The third-order valence-corrected chi connectivity index (χ3v) is 4.97. The molecule has 0 aromatic heterocycles. The van der Waals surface area contributed by atoms with Crippen LogP contribution in [0.15, 0.2) is 48.5 Å². The van der Waals surface area contributed by atoms with Crippen molar-refractivity contribution in [1.29, 1.82) is 0 Å². The minimum absolute atomic E-state index is 0.128. The van der Waals surface area contributed by atoms with E-state index in [1.807, 2.05) is 30.3 Å². The van der Waals surface area contributed by atoms with Crippen LogP contribution in [0.3, 0.4) is 0 Å². The zero-order valence-corrected chi connectivity index (χ0v) is 15.4. The van der Waals surface area contributed by atoms with Gasteiger partial charge in [0.15, 0.2) is 0 Å². The van der Waals surface area contributed by atoms with Crippen LogP contribution in [-0.4, -0.2) is 17.9 Å². The summed E-state index contributed by atoms with van der Waals surface area (Å²) in [5, 5.41) is 6.29. The third-order valence-electron chi connectivity index (χ3n) is 4.64. The topological polar surface area (TPSA) is 58.2 Å². The highest BCUT2D eigenvalue weighted by Crippen LogP contribution is 2.23. The van der Waals surface area contributed by atoms with E-state index in [0.717, 1.165) is 31.2 Å². The van der Waals surface area contributed by atoms with Gasteiger partial charge in [-0.3, -0.25) is 9.59 Å². The smallest absolute Gasteiger partial charge is 0.253 e. The number of carbonyl (C=O) groups excluding carboxylic acids is 2. The Bertz CT molecular complexity index is 771. The summed E-state index contributed by atoms with van der Waals surface area (Å²) in [6, 6.07) is 14.7. The van der Waals surface area contributed by atoms with E-state index in [1.165, 1.54) is 6.42 Å². The molecule has 0 unspecified atom stereocenters. The highest BCUT2D eigenvalue weighted by molar-refractivity contribution is 6.34. The number of halogens is 1. The Balaban J connectivity index is 1.64. The maximum atomic E-state index is 12.6. The number of benzene rings is 2. The minimum atomic E-state index is -0.180. The maximum Gasteiger partial charge on any atom is 0.253 e. The Morgan fingerprint density at radius 2 is 1.73 bits per heavy atom. The van der Waals surface area contributed by atoms with Crippen molar-refractivity contribution in [1.82, 2.24) is 5.32 Å². The second kappa shape index (κ2) is 8.86. The van der Waals surface area contributed by atoms with Crippen LogP contribution in [0.25, 0.3) is 0 Å². The number of nitrogens with one attached hydrogen (secondary N) is 2. The Hall–Kier alpha value is -2.33. The zero-order valence-electron chi connectivity index (χ0n) is 14.6. The second-order valence-electron chi connectivity index (χ2n) is 6.71. The van der Waals surface area contributed by atoms with E-state index in [-0.39, 0.29) is 24.3 Å². The first kappa shape index (κ1) is 18.5. The Labute approximate surface area is 158 Å². The van der Waals surface area contributed by atoms with Gasteiger partial charge in [0.05, 0.1) is 17.0 Å². The fourth-order valence-electron chi connectivity index (χ4n) is 3.27. The monoisotopic (exact) mass is 370 g/mol. The normalized spacial score (nSPS) is 14.7. The predicted octanol–water partition coefficient (Wildman–Crippen LogP) is 4.58. The molecule has 1 fully saturated rings. The van der Waals surface area contributed by atoms with Gasteiger partial charge < -0.3 is 10.6 Å². The van der Waals surface area contributed by atoms with E-state index in [0.29, 0.717) is 16.3 Å². The van der Waals surface area contributed by atoms with Crippen molar-refractivity contribution in [2.75, 3.05) is 5.32 Å². The molecular formula is C21H23ClN2O2. The first-order valence-corrected chi connectivity index (χ1v) is 9.44. The Kier molecular flexibility index (Phi) is 6.29. The van der Waals surface area contributed by atoms with Crippen LogP contribution in [0.2, 0.25) is 5.02 Å². The summed E-state index contributed by atoms with van der Waals surface area (Å²) in [7, 11) is 0. The van der Waals surface area contributed by atoms with Crippen LogP contribution in [0.5, 0.6) is 0 Å². The van der Waals surface area contributed by atoms with Crippen LogP contribution in [-0.2, 0) is 11.2 Å². The van der Waals surface area contributed by atoms with E-state index in [2.05, 4.69) is 10.6 Å². The summed E-state index contributed by atoms with van der Waals surface area (Å²) in [5.74, 6) is -0.307. The standard InChI is InChI=1S/C21H23ClN2O2/c22-19-12-11-17(23-20(25)13-15-7-3-1-4-8-15)14-18(19)21(26)24-16-9-5-2-6-10-16/h1,3-4,7-8,11-12,14,16H,2,5-6,9-10,13H2,(H,23,25)(H,24,26). The van der Waals surface area contributed by atoms with Crippen LogP contribution in [0.1, 0.15) is 48.0 Å². The molecule has 1 aliphatic rings. The van der Waals surface area contributed by atoms with Crippen LogP contribution in [0.4, 0.5) is 5.69 Å². The highest BCUT2D eigenvalue weighted by atomic mass is 35.5. The first-order valence-electron chi connectivity index (χ1n) is 9.06. The molecule has 3 rings (SSSR count). The lowest BCUT2D eigenvalue weighted by atomic mass is 9.95. The van der Waals surface area contributed by atoms with Gasteiger partial charge in [0, 0.05) is 11.7 Å². The molecule has 26 heavy (non-hydrogen) atoms. The predicted molar refractivity (Wildman–Crippen MR) is 105 cm³/mol. The molecule has 0 heterocycles. The van der Waals surface area contributed by atoms with Gasteiger partial charge in [-0.15, -0.1) is 0 Å². The van der Waals surface area contributed by atoms with Crippen molar-refractivity contribution in [3.8, 4) is 0 Å². The van der Waals surface area contributed by atoms with Crippen LogP contribution in [0, 0.1) is 0 Å². The summed E-state index contributed by atoms with van der Waals surface area (Å²) in [4.78, 5) is 24.8. The lowest BCUT2D eigenvalue weighted by Gasteiger charge is -2.23. The number of amides is 2. The summed E-state index contributed by atoms with van der Waals surface area (Å²) >= 11 is 6.20. The molecule has 0 spiro atoms. The first-order chi connectivity index (χ1) is 12.6. The quantitative estimate of drug-likeness (QED) is 0.809. The molecule has 2 amide bonds.